The van der Waals surface area contributed by atoms with Crippen LogP contribution in [-0.2, 0) is 22.8 Å². The second-order valence-corrected chi connectivity index (χ2v) is 6.26. The highest BCUT2D eigenvalue weighted by Crippen LogP contribution is 2.27. The van der Waals surface area contributed by atoms with Gasteiger partial charge in [0.05, 0.1) is 17.4 Å². The van der Waals surface area contributed by atoms with Crippen molar-refractivity contribution in [3.05, 3.63) is 11.6 Å². The third-order valence-corrected chi connectivity index (χ3v) is 4.72. The van der Waals surface area contributed by atoms with Crippen LogP contribution in [0.4, 0.5) is 0 Å². The molecule has 1 unspecified atom stereocenters. The molecule has 0 aromatic carbocycles. The average Bonchev–Trinajstić information content (AvgIpc) is 2.69. The summed E-state index contributed by atoms with van der Waals surface area (Å²) in [6, 6.07) is 0. The van der Waals surface area contributed by atoms with Crippen molar-refractivity contribution in [3.63, 3.8) is 0 Å². The lowest BCUT2D eigenvalue weighted by molar-refractivity contribution is 0.600. The van der Waals surface area contributed by atoms with Gasteiger partial charge in [0.25, 0.3) is 0 Å². The second kappa shape index (κ2) is 3.75. The summed E-state index contributed by atoms with van der Waals surface area (Å²) in [7, 11) is -1.05. The Bertz CT molecular complexity index is 468. The molecule has 1 aromatic heterocycles. The maximum absolute atomic E-state index is 11.3. The molecular formula is C8H12ClN3O2S. The first-order valence-electron chi connectivity index (χ1n) is 4.68. The van der Waals surface area contributed by atoms with E-state index in [2.05, 4.69) is 10.2 Å². The molecule has 1 fully saturated rings. The van der Waals surface area contributed by atoms with Crippen LogP contribution in [0.2, 0.25) is 0 Å². The Hall–Kier alpha value is -0.620. The highest BCUT2D eigenvalue weighted by Gasteiger charge is 2.32. The molecule has 2 rings (SSSR count). The molecule has 0 spiro atoms. The van der Waals surface area contributed by atoms with Crippen LogP contribution < -0.4 is 0 Å². The molecule has 0 radical (unpaired) electrons. The number of hydrogen-bond donors (Lipinski definition) is 0. The second-order valence-electron chi connectivity index (χ2n) is 3.77. The standard InChI is InChI=1S/C8H12ClN3O2S/c1-12-7(4-9)10-11-8(12)6-2-3-15(13,14)5-6/h6H,2-5H2,1H3. The van der Waals surface area contributed by atoms with Crippen LogP contribution in [0.3, 0.4) is 0 Å². The van der Waals surface area contributed by atoms with Crippen molar-refractivity contribution >= 4 is 21.4 Å². The lowest BCUT2D eigenvalue weighted by Gasteiger charge is -2.06. The third kappa shape index (κ3) is 2.01. The summed E-state index contributed by atoms with van der Waals surface area (Å²) < 4.78 is 24.4. The van der Waals surface area contributed by atoms with E-state index in [0.29, 0.717) is 18.1 Å². The molecule has 1 aromatic rings. The van der Waals surface area contributed by atoms with Gasteiger partial charge in [-0.1, -0.05) is 0 Å². The van der Waals surface area contributed by atoms with Gasteiger partial charge in [0.2, 0.25) is 0 Å². The molecule has 0 N–H and O–H groups in total. The van der Waals surface area contributed by atoms with E-state index in [1.165, 1.54) is 0 Å². The fourth-order valence-electron chi connectivity index (χ4n) is 1.85. The molecule has 1 saturated heterocycles. The van der Waals surface area contributed by atoms with E-state index in [9.17, 15) is 8.42 Å². The summed E-state index contributed by atoms with van der Waals surface area (Å²) in [6.07, 6.45) is 0.636. The maximum atomic E-state index is 11.3. The van der Waals surface area contributed by atoms with E-state index in [4.69, 9.17) is 11.6 Å². The largest absolute Gasteiger partial charge is 0.317 e. The fraction of sp³-hybridized carbons (Fsp3) is 0.750. The minimum Gasteiger partial charge on any atom is -0.317 e. The molecule has 1 aliphatic rings. The lowest BCUT2D eigenvalue weighted by atomic mass is 10.1. The summed E-state index contributed by atoms with van der Waals surface area (Å²) in [5.74, 6) is 2.11. The van der Waals surface area contributed by atoms with E-state index in [1.54, 1.807) is 4.57 Å². The Morgan fingerprint density at radius 3 is 2.73 bits per heavy atom. The van der Waals surface area contributed by atoms with Gasteiger partial charge in [-0.25, -0.2) is 8.42 Å². The molecule has 1 atom stereocenters. The van der Waals surface area contributed by atoms with E-state index < -0.39 is 9.84 Å². The molecule has 5 nitrogen and oxygen atoms in total. The normalized spacial score (nSPS) is 24.5. The zero-order valence-corrected chi connectivity index (χ0v) is 9.92. The van der Waals surface area contributed by atoms with Crippen molar-refractivity contribution in [1.82, 2.24) is 14.8 Å². The molecule has 0 saturated carbocycles. The third-order valence-electron chi connectivity index (χ3n) is 2.72. The van der Waals surface area contributed by atoms with Gasteiger partial charge in [-0.2, -0.15) is 0 Å². The Morgan fingerprint density at radius 2 is 2.27 bits per heavy atom. The number of rotatable bonds is 2. The Kier molecular flexibility index (Phi) is 2.72. The van der Waals surface area contributed by atoms with Crippen molar-refractivity contribution in [2.45, 2.75) is 18.2 Å². The molecule has 0 aliphatic carbocycles. The average molecular weight is 250 g/mol. The van der Waals surface area contributed by atoms with Crippen LogP contribution in [0.15, 0.2) is 0 Å². The molecule has 2 heterocycles. The van der Waals surface area contributed by atoms with Gasteiger partial charge in [-0.3, -0.25) is 0 Å². The molecule has 84 valence electrons. The number of hydrogen-bond acceptors (Lipinski definition) is 4. The van der Waals surface area contributed by atoms with Crippen molar-refractivity contribution in [3.8, 4) is 0 Å². The predicted molar refractivity (Wildman–Crippen MR) is 56.6 cm³/mol. The van der Waals surface area contributed by atoms with Crippen LogP contribution in [0, 0.1) is 0 Å². The minimum absolute atomic E-state index is 0.0236. The predicted octanol–water partition coefficient (Wildman–Crippen LogP) is 0.456. The van der Waals surface area contributed by atoms with E-state index in [0.717, 1.165) is 5.82 Å². The zero-order valence-electron chi connectivity index (χ0n) is 8.35. The van der Waals surface area contributed by atoms with E-state index in [1.807, 2.05) is 7.05 Å². The van der Waals surface area contributed by atoms with Gasteiger partial charge in [0.15, 0.2) is 9.84 Å². The van der Waals surface area contributed by atoms with Gasteiger partial charge in [0, 0.05) is 13.0 Å². The highest BCUT2D eigenvalue weighted by atomic mass is 35.5. The lowest BCUT2D eigenvalue weighted by Crippen LogP contribution is -2.09. The SMILES string of the molecule is Cn1c(CCl)nnc1C1CCS(=O)(=O)C1. The van der Waals surface area contributed by atoms with Gasteiger partial charge in [-0.15, -0.1) is 21.8 Å². The van der Waals surface area contributed by atoms with Crippen LogP contribution in [0.5, 0.6) is 0 Å². The van der Waals surface area contributed by atoms with E-state index >= 15 is 0 Å². The van der Waals surface area contributed by atoms with Crippen LogP contribution >= 0.6 is 11.6 Å². The van der Waals surface area contributed by atoms with Crippen molar-refractivity contribution in [2.75, 3.05) is 11.5 Å². The molecule has 1 aliphatic heterocycles. The monoisotopic (exact) mass is 249 g/mol. The van der Waals surface area contributed by atoms with Crippen molar-refractivity contribution in [1.29, 1.82) is 0 Å². The zero-order chi connectivity index (χ0) is 11.1. The van der Waals surface area contributed by atoms with Gasteiger partial charge in [-0.05, 0) is 6.42 Å². The molecular weight excluding hydrogens is 238 g/mol. The summed E-state index contributed by atoms with van der Waals surface area (Å²) in [5.41, 5.74) is 0. The van der Waals surface area contributed by atoms with Crippen molar-refractivity contribution < 1.29 is 8.42 Å². The summed E-state index contributed by atoms with van der Waals surface area (Å²) in [4.78, 5) is 0. The maximum Gasteiger partial charge on any atom is 0.151 e. The van der Waals surface area contributed by atoms with Gasteiger partial charge < -0.3 is 4.57 Å². The molecule has 0 bridgehead atoms. The number of sulfone groups is 1. The summed E-state index contributed by atoms with van der Waals surface area (Å²) >= 11 is 5.67. The van der Waals surface area contributed by atoms with Crippen LogP contribution in [-0.4, -0.2) is 34.7 Å². The number of aromatic nitrogens is 3. The highest BCUT2D eigenvalue weighted by molar-refractivity contribution is 7.91. The van der Waals surface area contributed by atoms with Crippen molar-refractivity contribution in [2.24, 2.45) is 7.05 Å². The Balaban J connectivity index is 2.28. The molecule has 0 amide bonds. The smallest absolute Gasteiger partial charge is 0.151 e. The summed E-state index contributed by atoms with van der Waals surface area (Å²) in [5, 5.41) is 7.91. The quantitative estimate of drug-likeness (QED) is 0.714. The topological polar surface area (TPSA) is 64.8 Å². The van der Waals surface area contributed by atoms with E-state index in [-0.39, 0.29) is 17.4 Å². The van der Waals surface area contributed by atoms with Crippen LogP contribution in [0.1, 0.15) is 24.0 Å². The van der Waals surface area contributed by atoms with Crippen LogP contribution in [0.25, 0.3) is 0 Å². The first-order valence-corrected chi connectivity index (χ1v) is 7.03. The summed E-state index contributed by atoms with van der Waals surface area (Å²) in [6.45, 7) is 0. The van der Waals surface area contributed by atoms with Gasteiger partial charge >= 0.3 is 0 Å². The van der Waals surface area contributed by atoms with Gasteiger partial charge in [0.1, 0.15) is 11.6 Å². The molecule has 15 heavy (non-hydrogen) atoms. The minimum atomic E-state index is -2.87. The number of nitrogens with zero attached hydrogens (tertiary/aromatic N) is 3. The number of halogens is 1. The Morgan fingerprint density at radius 1 is 1.53 bits per heavy atom. The fourth-order valence-corrected chi connectivity index (χ4v) is 3.82. The molecule has 7 heteroatoms. The number of alkyl halides is 1. The Labute approximate surface area is 93.4 Å². The first-order chi connectivity index (χ1) is 7.03. The first kappa shape index (κ1) is 10.9.